The van der Waals surface area contributed by atoms with Crippen molar-refractivity contribution in [3.05, 3.63) is 47.3 Å². The lowest BCUT2D eigenvalue weighted by molar-refractivity contribution is 0.0697. The Morgan fingerprint density at radius 1 is 1.30 bits per heavy atom. The molecule has 0 aliphatic rings. The van der Waals surface area contributed by atoms with Crippen LogP contribution in [0.2, 0.25) is 0 Å². The van der Waals surface area contributed by atoms with Gasteiger partial charge in [-0.15, -0.1) is 0 Å². The Bertz CT molecular complexity index is 686. The van der Waals surface area contributed by atoms with Gasteiger partial charge in [0.2, 0.25) is 0 Å². The van der Waals surface area contributed by atoms with Gasteiger partial charge in [0.05, 0.1) is 22.6 Å². The van der Waals surface area contributed by atoms with Gasteiger partial charge >= 0.3 is 5.97 Å². The van der Waals surface area contributed by atoms with Gasteiger partial charge in [0, 0.05) is 5.69 Å². The van der Waals surface area contributed by atoms with Gasteiger partial charge in [-0.25, -0.2) is 9.18 Å². The van der Waals surface area contributed by atoms with E-state index in [1.807, 2.05) is 19.1 Å². The van der Waals surface area contributed by atoms with E-state index in [4.69, 9.17) is 16.6 Å². The Hall–Kier alpha value is -2.76. The first-order valence-corrected chi connectivity index (χ1v) is 5.85. The van der Waals surface area contributed by atoms with Crippen LogP contribution in [0.15, 0.2) is 30.3 Å². The Kier molecular flexibility index (Phi) is 3.47. The van der Waals surface area contributed by atoms with Gasteiger partial charge in [-0.3, -0.25) is 0 Å². The van der Waals surface area contributed by atoms with E-state index in [0.29, 0.717) is 5.69 Å². The van der Waals surface area contributed by atoms with E-state index in [-0.39, 0.29) is 22.6 Å². The van der Waals surface area contributed by atoms with E-state index in [0.717, 1.165) is 11.6 Å². The zero-order chi connectivity index (χ0) is 14.9. The molecule has 0 aliphatic heterocycles. The molecule has 2 aromatic carbocycles. The first-order valence-electron chi connectivity index (χ1n) is 5.85. The quantitative estimate of drug-likeness (QED) is 0.645. The second kappa shape index (κ2) is 5.08. The van der Waals surface area contributed by atoms with Gasteiger partial charge in [0.25, 0.3) is 0 Å². The summed E-state index contributed by atoms with van der Waals surface area (Å²) < 4.78 is 14.2. The smallest absolute Gasteiger partial charge is 0.338 e. The van der Waals surface area contributed by atoms with Crippen LogP contribution in [-0.4, -0.2) is 11.1 Å². The minimum Gasteiger partial charge on any atom is -0.478 e. The van der Waals surface area contributed by atoms with Gasteiger partial charge in [-0.1, -0.05) is 18.2 Å². The second-order valence-electron chi connectivity index (χ2n) is 4.36. The maximum Gasteiger partial charge on any atom is 0.338 e. The molecule has 0 spiro atoms. The van der Waals surface area contributed by atoms with Gasteiger partial charge in [-0.05, 0) is 24.6 Å². The molecule has 0 radical (unpaired) electrons. The van der Waals surface area contributed by atoms with E-state index in [2.05, 4.69) is 5.32 Å². The molecular weight excluding hydrogens is 261 g/mol. The highest BCUT2D eigenvalue weighted by molar-refractivity contribution is 5.98. The summed E-state index contributed by atoms with van der Waals surface area (Å²) in [7, 11) is 0. The number of nitrogens with two attached hydrogens (primary N) is 2. The molecule has 0 saturated carbocycles. The molecule has 104 valence electrons. The third-order valence-electron chi connectivity index (χ3n) is 2.97. The third kappa shape index (κ3) is 2.35. The van der Waals surface area contributed by atoms with Crippen LogP contribution in [0.25, 0.3) is 0 Å². The van der Waals surface area contributed by atoms with Gasteiger partial charge in [0.1, 0.15) is 0 Å². The van der Waals surface area contributed by atoms with Crippen molar-refractivity contribution >= 4 is 28.7 Å². The largest absolute Gasteiger partial charge is 0.478 e. The summed E-state index contributed by atoms with van der Waals surface area (Å²) in [5, 5.41) is 11.9. The van der Waals surface area contributed by atoms with Crippen LogP contribution < -0.4 is 16.8 Å². The fourth-order valence-electron chi connectivity index (χ4n) is 1.82. The van der Waals surface area contributed by atoms with Gasteiger partial charge in [-0.2, -0.15) is 0 Å². The average Bonchev–Trinajstić information content (AvgIpc) is 2.41. The Morgan fingerprint density at radius 2 is 1.95 bits per heavy atom. The molecule has 0 heterocycles. The topological polar surface area (TPSA) is 101 Å². The second-order valence-corrected chi connectivity index (χ2v) is 4.36. The van der Waals surface area contributed by atoms with E-state index in [1.54, 1.807) is 12.1 Å². The number of aryl methyl sites for hydroxylation is 1. The standard InChI is InChI=1S/C14H14FN3O2/c1-7-4-2-3-5-10(7)18-13-8(14(19)20)6-9(16)12(17)11(13)15/h2-6,18H,16-17H2,1H3,(H,19,20). The van der Waals surface area contributed by atoms with Crippen LogP contribution in [0.5, 0.6) is 0 Å². The number of rotatable bonds is 3. The number of carboxylic acid groups (broad SMARTS) is 1. The zero-order valence-electron chi connectivity index (χ0n) is 10.8. The molecule has 0 bridgehead atoms. The number of para-hydroxylation sites is 1. The van der Waals surface area contributed by atoms with Crippen molar-refractivity contribution in [1.82, 2.24) is 0 Å². The molecule has 0 unspecified atom stereocenters. The first kappa shape index (κ1) is 13.7. The molecule has 2 rings (SSSR count). The summed E-state index contributed by atoms with van der Waals surface area (Å²) in [6.45, 7) is 1.82. The molecule has 20 heavy (non-hydrogen) atoms. The number of anilines is 4. The number of carboxylic acids is 1. The van der Waals surface area contributed by atoms with Crippen molar-refractivity contribution in [2.45, 2.75) is 6.92 Å². The molecule has 6 heteroatoms. The van der Waals surface area contributed by atoms with Crippen LogP contribution in [-0.2, 0) is 0 Å². The SMILES string of the molecule is Cc1ccccc1Nc1c(C(=O)O)cc(N)c(N)c1F. The number of carbonyl (C=O) groups is 1. The predicted molar refractivity (Wildman–Crippen MR) is 76.6 cm³/mol. The van der Waals surface area contributed by atoms with E-state index in [1.165, 1.54) is 0 Å². The van der Waals surface area contributed by atoms with Crippen molar-refractivity contribution < 1.29 is 14.3 Å². The highest BCUT2D eigenvalue weighted by Crippen LogP contribution is 2.33. The molecule has 0 fully saturated rings. The lowest BCUT2D eigenvalue weighted by Crippen LogP contribution is -2.10. The summed E-state index contributed by atoms with van der Waals surface area (Å²) in [4.78, 5) is 11.2. The van der Waals surface area contributed by atoms with E-state index < -0.39 is 11.8 Å². The first-order chi connectivity index (χ1) is 9.41. The van der Waals surface area contributed by atoms with Crippen LogP contribution in [0.1, 0.15) is 15.9 Å². The van der Waals surface area contributed by atoms with Crippen LogP contribution in [0.4, 0.5) is 27.1 Å². The number of aromatic carboxylic acids is 1. The minimum atomic E-state index is -1.29. The van der Waals surface area contributed by atoms with Crippen molar-refractivity contribution in [3.63, 3.8) is 0 Å². The van der Waals surface area contributed by atoms with Crippen molar-refractivity contribution in [1.29, 1.82) is 0 Å². The molecule has 5 nitrogen and oxygen atoms in total. The Balaban J connectivity index is 2.59. The van der Waals surface area contributed by atoms with Crippen molar-refractivity contribution in [3.8, 4) is 0 Å². The molecule has 0 aromatic heterocycles. The third-order valence-corrected chi connectivity index (χ3v) is 2.97. The van der Waals surface area contributed by atoms with Crippen molar-refractivity contribution in [2.24, 2.45) is 0 Å². The molecule has 0 saturated heterocycles. The lowest BCUT2D eigenvalue weighted by Gasteiger charge is -2.15. The summed E-state index contributed by atoms with van der Waals surface area (Å²) >= 11 is 0. The predicted octanol–water partition coefficient (Wildman–Crippen LogP) is 2.74. The van der Waals surface area contributed by atoms with Crippen LogP contribution in [0, 0.1) is 12.7 Å². The van der Waals surface area contributed by atoms with Crippen LogP contribution >= 0.6 is 0 Å². The zero-order valence-corrected chi connectivity index (χ0v) is 10.8. The average molecular weight is 275 g/mol. The van der Waals surface area contributed by atoms with Gasteiger partial charge in [0.15, 0.2) is 5.82 Å². The summed E-state index contributed by atoms with van der Waals surface area (Å²) in [5.74, 6) is -2.16. The number of hydrogen-bond donors (Lipinski definition) is 4. The fraction of sp³-hybridized carbons (Fsp3) is 0.0714. The number of halogens is 1. The molecule has 2 aromatic rings. The maximum absolute atomic E-state index is 14.2. The number of hydrogen-bond acceptors (Lipinski definition) is 4. The fourth-order valence-corrected chi connectivity index (χ4v) is 1.82. The molecule has 0 amide bonds. The van der Waals surface area contributed by atoms with Gasteiger partial charge < -0.3 is 21.9 Å². The van der Waals surface area contributed by atoms with Crippen molar-refractivity contribution in [2.75, 3.05) is 16.8 Å². The Morgan fingerprint density at radius 3 is 2.55 bits per heavy atom. The molecule has 0 aliphatic carbocycles. The molecule has 0 atom stereocenters. The van der Waals surface area contributed by atoms with E-state index >= 15 is 0 Å². The molecular formula is C14H14FN3O2. The van der Waals surface area contributed by atoms with Crippen LogP contribution in [0.3, 0.4) is 0 Å². The highest BCUT2D eigenvalue weighted by Gasteiger charge is 2.20. The Labute approximate surface area is 115 Å². The van der Waals surface area contributed by atoms with E-state index in [9.17, 15) is 9.18 Å². The summed E-state index contributed by atoms with van der Waals surface area (Å²) in [6.07, 6.45) is 0. The number of benzene rings is 2. The molecule has 6 N–H and O–H groups in total. The summed E-state index contributed by atoms with van der Waals surface area (Å²) in [5.41, 5.74) is 11.6. The monoisotopic (exact) mass is 275 g/mol. The minimum absolute atomic E-state index is 0.102. The number of nitrogen functional groups attached to an aromatic ring is 2. The normalized spacial score (nSPS) is 10.3. The maximum atomic E-state index is 14.2. The highest BCUT2D eigenvalue weighted by atomic mass is 19.1. The number of nitrogens with one attached hydrogen (secondary N) is 1. The summed E-state index contributed by atoms with van der Waals surface area (Å²) in [6, 6.07) is 8.26. The lowest BCUT2D eigenvalue weighted by atomic mass is 10.1.